The number of benzene rings is 1. The SMILES string of the molecule is CCN(c1nc(OCCN2CCOCC2)nc(N2CCc3ccccc3CC2)c1C#N)N1CCOCC1. The lowest BCUT2D eigenvalue weighted by molar-refractivity contribution is 0.0309. The normalized spacial score (nSPS) is 19.1. The van der Waals surface area contributed by atoms with Gasteiger partial charge in [-0.1, -0.05) is 24.3 Å². The highest BCUT2D eigenvalue weighted by atomic mass is 16.5. The average molecular weight is 508 g/mol. The van der Waals surface area contributed by atoms with Crippen molar-refractivity contribution < 1.29 is 14.2 Å². The number of hydrogen-bond donors (Lipinski definition) is 0. The number of aromatic nitrogens is 2. The third-order valence-electron chi connectivity index (χ3n) is 7.30. The lowest BCUT2D eigenvalue weighted by Crippen LogP contribution is -2.49. The minimum absolute atomic E-state index is 0.325. The molecule has 0 bridgehead atoms. The first-order valence-corrected chi connectivity index (χ1v) is 13.4. The highest BCUT2D eigenvalue weighted by molar-refractivity contribution is 5.67. The van der Waals surface area contributed by atoms with E-state index >= 15 is 0 Å². The van der Waals surface area contributed by atoms with Crippen molar-refractivity contribution in [1.29, 1.82) is 5.26 Å². The molecule has 4 heterocycles. The van der Waals surface area contributed by atoms with Gasteiger partial charge in [0.1, 0.15) is 18.2 Å². The van der Waals surface area contributed by atoms with Crippen LogP contribution in [0.1, 0.15) is 23.6 Å². The van der Waals surface area contributed by atoms with Gasteiger partial charge < -0.3 is 19.1 Å². The summed E-state index contributed by atoms with van der Waals surface area (Å²) in [6.45, 7) is 11.8. The summed E-state index contributed by atoms with van der Waals surface area (Å²) in [5, 5.41) is 14.7. The van der Waals surface area contributed by atoms with Crippen LogP contribution in [0.15, 0.2) is 24.3 Å². The lowest BCUT2D eigenvalue weighted by atomic mass is 10.0. The Hall–Kier alpha value is -2.97. The Morgan fingerprint density at radius 2 is 1.59 bits per heavy atom. The molecule has 0 unspecified atom stereocenters. The Balaban J connectivity index is 1.44. The first-order chi connectivity index (χ1) is 18.3. The number of hydrogen-bond acceptors (Lipinski definition) is 10. The number of hydrazine groups is 1. The van der Waals surface area contributed by atoms with Crippen LogP contribution in [0.3, 0.4) is 0 Å². The molecule has 1 aromatic carbocycles. The Kier molecular flexibility index (Phi) is 8.68. The fourth-order valence-corrected chi connectivity index (χ4v) is 5.25. The van der Waals surface area contributed by atoms with Crippen LogP contribution in [0.2, 0.25) is 0 Å². The zero-order chi connectivity index (χ0) is 25.5. The topological polar surface area (TPSA) is 90.2 Å². The van der Waals surface area contributed by atoms with Crippen molar-refractivity contribution in [3.63, 3.8) is 0 Å². The van der Waals surface area contributed by atoms with Crippen LogP contribution in [0.5, 0.6) is 6.01 Å². The molecule has 3 aliphatic rings. The van der Waals surface area contributed by atoms with Gasteiger partial charge in [-0.3, -0.25) is 9.91 Å². The van der Waals surface area contributed by atoms with Gasteiger partial charge in [-0.15, -0.1) is 0 Å². The van der Waals surface area contributed by atoms with Gasteiger partial charge in [-0.2, -0.15) is 15.2 Å². The van der Waals surface area contributed by atoms with E-state index in [2.05, 4.69) is 57.1 Å². The number of nitriles is 1. The zero-order valence-corrected chi connectivity index (χ0v) is 21.8. The van der Waals surface area contributed by atoms with E-state index in [0.717, 1.165) is 71.9 Å². The molecule has 10 nitrogen and oxygen atoms in total. The fraction of sp³-hybridized carbons (Fsp3) is 0.593. The first-order valence-electron chi connectivity index (χ1n) is 13.4. The molecule has 198 valence electrons. The van der Waals surface area contributed by atoms with Gasteiger partial charge in [-0.05, 0) is 30.9 Å². The molecule has 1 aromatic heterocycles. The first kappa shape index (κ1) is 25.7. The van der Waals surface area contributed by atoms with Crippen LogP contribution in [-0.2, 0) is 22.3 Å². The van der Waals surface area contributed by atoms with Gasteiger partial charge >= 0.3 is 6.01 Å². The van der Waals surface area contributed by atoms with Crippen molar-refractivity contribution in [3.8, 4) is 12.1 Å². The fourth-order valence-electron chi connectivity index (χ4n) is 5.25. The van der Waals surface area contributed by atoms with Crippen LogP contribution in [0, 0.1) is 11.3 Å². The van der Waals surface area contributed by atoms with Crippen LogP contribution >= 0.6 is 0 Å². The summed E-state index contributed by atoms with van der Waals surface area (Å²) in [5.41, 5.74) is 3.23. The highest BCUT2D eigenvalue weighted by Crippen LogP contribution is 2.31. The molecular formula is C27H37N7O3. The van der Waals surface area contributed by atoms with Crippen LogP contribution < -0.4 is 14.6 Å². The molecule has 0 aliphatic carbocycles. The van der Waals surface area contributed by atoms with Crippen LogP contribution in [0.4, 0.5) is 11.6 Å². The molecule has 10 heteroatoms. The van der Waals surface area contributed by atoms with E-state index < -0.39 is 0 Å². The van der Waals surface area contributed by atoms with Crippen LogP contribution in [0.25, 0.3) is 0 Å². The molecule has 0 atom stereocenters. The maximum absolute atomic E-state index is 10.4. The monoisotopic (exact) mass is 507 g/mol. The van der Waals surface area contributed by atoms with Crippen molar-refractivity contribution >= 4 is 11.6 Å². The predicted molar refractivity (Wildman–Crippen MR) is 141 cm³/mol. The van der Waals surface area contributed by atoms with Crippen LogP contribution in [-0.4, -0.2) is 105 Å². The van der Waals surface area contributed by atoms with Gasteiger partial charge in [0.15, 0.2) is 11.6 Å². The number of ether oxygens (including phenoxy) is 3. The standard InChI is InChI=1S/C27H37N7O3/c1-2-34(33-14-18-36-19-15-33)26-24(21-28)25(32-9-7-22-5-3-4-6-23(22)8-10-32)29-27(30-26)37-20-13-31-11-16-35-17-12-31/h3-6H,2,7-20H2,1H3. The molecule has 2 aromatic rings. The highest BCUT2D eigenvalue weighted by Gasteiger charge is 2.28. The second-order valence-electron chi connectivity index (χ2n) is 9.48. The molecule has 0 N–H and O–H groups in total. The zero-order valence-electron chi connectivity index (χ0n) is 21.8. The van der Waals surface area contributed by atoms with Crippen molar-refractivity contribution in [3.05, 3.63) is 41.0 Å². The largest absolute Gasteiger partial charge is 0.462 e. The second kappa shape index (κ2) is 12.5. The average Bonchev–Trinajstić information content (AvgIpc) is 3.17. The Bertz CT molecular complexity index is 1050. The van der Waals surface area contributed by atoms with Gasteiger partial charge in [-0.25, -0.2) is 5.01 Å². The summed E-state index contributed by atoms with van der Waals surface area (Å²) in [4.78, 5) is 14.2. The van der Waals surface area contributed by atoms with E-state index in [9.17, 15) is 5.26 Å². The molecule has 37 heavy (non-hydrogen) atoms. The Morgan fingerprint density at radius 1 is 0.946 bits per heavy atom. The van der Waals surface area contributed by atoms with Crippen molar-refractivity contribution in [2.24, 2.45) is 0 Å². The van der Waals surface area contributed by atoms with E-state index in [-0.39, 0.29) is 0 Å². The quantitative estimate of drug-likeness (QED) is 0.526. The molecule has 5 rings (SSSR count). The van der Waals surface area contributed by atoms with Gasteiger partial charge in [0, 0.05) is 52.4 Å². The lowest BCUT2D eigenvalue weighted by Gasteiger charge is -2.38. The Labute approximate surface area is 219 Å². The third kappa shape index (κ3) is 6.13. The summed E-state index contributed by atoms with van der Waals surface area (Å²) < 4.78 is 17.2. The smallest absolute Gasteiger partial charge is 0.320 e. The summed E-state index contributed by atoms with van der Waals surface area (Å²) in [5.74, 6) is 1.27. The predicted octanol–water partition coefficient (Wildman–Crippen LogP) is 1.74. The van der Waals surface area contributed by atoms with Gasteiger partial charge in [0.25, 0.3) is 0 Å². The molecule has 0 amide bonds. The molecule has 0 spiro atoms. The maximum atomic E-state index is 10.4. The van der Waals surface area contributed by atoms with Crippen molar-refractivity contribution in [2.45, 2.75) is 19.8 Å². The van der Waals surface area contributed by atoms with E-state index in [1.165, 1.54) is 11.1 Å². The maximum Gasteiger partial charge on any atom is 0.320 e. The number of fused-ring (bicyclic) bond motifs is 1. The molecule has 2 saturated heterocycles. The van der Waals surface area contributed by atoms with Gasteiger partial charge in [0.05, 0.1) is 26.4 Å². The number of morpholine rings is 2. The van der Waals surface area contributed by atoms with E-state index in [1.54, 1.807) is 0 Å². The van der Waals surface area contributed by atoms with Crippen molar-refractivity contribution in [1.82, 2.24) is 19.9 Å². The number of rotatable bonds is 8. The van der Waals surface area contributed by atoms with E-state index in [4.69, 9.17) is 24.2 Å². The number of nitrogens with zero attached hydrogens (tertiary/aromatic N) is 7. The molecule has 3 aliphatic heterocycles. The minimum Gasteiger partial charge on any atom is -0.462 e. The van der Waals surface area contributed by atoms with E-state index in [1.807, 2.05) is 0 Å². The summed E-state index contributed by atoms with van der Waals surface area (Å²) >= 11 is 0. The second-order valence-corrected chi connectivity index (χ2v) is 9.48. The minimum atomic E-state index is 0.325. The third-order valence-corrected chi connectivity index (χ3v) is 7.30. The molecule has 2 fully saturated rings. The summed E-state index contributed by atoms with van der Waals surface area (Å²) in [6, 6.07) is 11.4. The summed E-state index contributed by atoms with van der Waals surface area (Å²) in [6.07, 6.45) is 1.82. The van der Waals surface area contributed by atoms with Gasteiger partial charge in [0.2, 0.25) is 0 Å². The van der Waals surface area contributed by atoms with Crippen molar-refractivity contribution in [2.75, 3.05) is 95.3 Å². The van der Waals surface area contributed by atoms with E-state index in [0.29, 0.717) is 49.6 Å². The summed E-state index contributed by atoms with van der Waals surface area (Å²) in [7, 11) is 0. The molecule has 0 radical (unpaired) electrons. The molecular weight excluding hydrogens is 470 g/mol. The molecule has 0 saturated carbocycles. The number of anilines is 2. The Morgan fingerprint density at radius 3 is 2.22 bits per heavy atom.